The summed E-state index contributed by atoms with van der Waals surface area (Å²) in [5, 5.41) is 9.37. The molecule has 11 heteroatoms. The van der Waals surface area contributed by atoms with Gasteiger partial charge < -0.3 is 24.4 Å². The molecule has 4 amide bonds. The second kappa shape index (κ2) is 11.2. The lowest BCUT2D eigenvalue weighted by Crippen LogP contribution is -2.55. The first-order valence-electron chi connectivity index (χ1n) is 13.0. The number of benzene rings is 1. The maximum absolute atomic E-state index is 13.2. The van der Waals surface area contributed by atoms with Crippen LogP contribution >= 0.6 is 0 Å². The van der Waals surface area contributed by atoms with E-state index < -0.39 is 26.1 Å². The van der Waals surface area contributed by atoms with Crippen molar-refractivity contribution in [2.45, 2.75) is 76.5 Å². The van der Waals surface area contributed by atoms with E-state index in [9.17, 15) is 24.3 Å². The molecule has 3 aliphatic heterocycles. The molecular weight excluding hydrogens is 494 g/mol. The largest absolute Gasteiger partial charge is 0.489 e. The van der Waals surface area contributed by atoms with Crippen LogP contribution in [-0.2, 0) is 20.9 Å². The fraction of sp³-hybridized carbons (Fsp3) is 0.615. The number of likely N-dealkylation sites (tertiary alicyclic amines) is 2. The molecule has 1 N–H and O–H groups in total. The minimum atomic E-state index is -1.29. The monoisotopic (exact) mass is 531 g/mol. The summed E-state index contributed by atoms with van der Waals surface area (Å²) in [5.41, 5.74) is 1.27. The highest BCUT2D eigenvalue weighted by Crippen LogP contribution is 2.32. The third kappa shape index (κ3) is 6.51. The van der Waals surface area contributed by atoms with Crippen LogP contribution in [0.1, 0.15) is 48.0 Å². The second-order valence-electron chi connectivity index (χ2n) is 11.3. The zero-order chi connectivity index (χ0) is 26.7. The van der Waals surface area contributed by atoms with Gasteiger partial charge in [0.2, 0.25) is 5.91 Å². The zero-order valence-electron chi connectivity index (χ0n) is 21.9. The Hall–Kier alpha value is -2.92. The van der Waals surface area contributed by atoms with E-state index in [1.165, 1.54) is 9.80 Å². The van der Waals surface area contributed by atoms with Crippen molar-refractivity contribution >= 4 is 31.9 Å². The number of carboxylic acid groups (broad SMARTS) is 1. The lowest BCUT2D eigenvalue weighted by Gasteiger charge is -2.35. The van der Waals surface area contributed by atoms with Crippen molar-refractivity contribution in [1.82, 2.24) is 14.7 Å². The molecule has 4 rings (SSSR count). The van der Waals surface area contributed by atoms with Crippen LogP contribution in [0.3, 0.4) is 0 Å². The van der Waals surface area contributed by atoms with Gasteiger partial charge in [0.25, 0.3) is 11.8 Å². The molecule has 10 nitrogen and oxygen atoms in total. The van der Waals surface area contributed by atoms with E-state index in [0.717, 1.165) is 35.8 Å². The molecule has 0 saturated carbocycles. The number of rotatable bonds is 8. The number of carbonyl (C=O) groups is 4. The number of amides is 4. The lowest BCUT2D eigenvalue weighted by molar-refractivity contribution is -0.158. The van der Waals surface area contributed by atoms with E-state index in [0.29, 0.717) is 37.4 Å². The SMILES string of the molecule is C[Si](C)(C)CCOCN1C(=O)CCC(N2Cc3cc(O[C@@H]4CCCCN(C(=O)O)C4)ccc3C2=O)C1=O. The summed E-state index contributed by atoms with van der Waals surface area (Å²) in [6, 6.07) is 5.45. The first-order chi connectivity index (χ1) is 17.5. The third-order valence-corrected chi connectivity index (χ3v) is 8.89. The number of hydrogen-bond acceptors (Lipinski definition) is 6. The van der Waals surface area contributed by atoms with Gasteiger partial charge in [-0.2, -0.15) is 0 Å². The van der Waals surface area contributed by atoms with Crippen LogP contribution in [0.15, 0.2) is 18.2 Å². The minimum Gasteiger partial charge on any atom is -0.489 e. The van der Waals surface area contributed by atoms with E-state index in [4.69, 9.17) is 9.47 Å². The summed E-state index contributed by atoms with van der Waals surface area (Å²) in [5.74, 6) is -0.324. The second-order valence-corrected chi connectivity index (χ2v) is 16.9. The average Bonchev–Trinajstić information content (AvgIpc) is 2.99. The van der Waals surface area contributed by atoms with Crippen LogP contribution < -0.4 is 4.74 Å². The number of hydrogen-bond donors (Lipinski definition) is 1. The van der Waals surface area contributed by atoms with E-state index >= 15 is 0 Å². The Morgan fingerprint density at radius 1 is 1.14 bits per heavy atom. The van der Waals surface area contributed by atoms with E-state index in [-0.39, 0.29) is 37.6 Å². The Kier molecular flexibility index (Phi) is 8.22. The molecule has 3 aliphatic rings. The molecule has 0 aromatic heterocycles. The van der Waals surface area contributed by atoms with Crippen LogP contribution in [0.2, 0.25) is 25.7 Å². The van der Waals surface area contributed by atoms with Gasteiger partial charge in [-0.05, 0) is 55.5 Å². The zero-order valence-corrected chi connectivity index (χ0v) is 22.9. The van der Waals surface area contributed by atoms with Gasteiger partial charge in [0.1, 0.15) is 24.6 Å². The predicted octanol–water partition coefficient (Wildman–Crippen LogP) is 3.38. The average molecular weight is 532 g/mol. The van der Waals surface area contributed by atoms with Gasteiger partial charge in [0.15, 0.2) is 0 Å². The molecular formula is C26H37N3O7Si. The Morgan fingerprint density at radius 2 is 1.92 bits per heavy atom. The number of nitrogens with zero attached hydrogens (tertiary/aromatic N) is 3. The first-order valence-corrected chi connectivity index (χ1v) is 16.7. The molecule has 37 heavy (non-hydrogen) atoms. The van der Waals surface area contributed by atoms with Crippen molar-refractivity contribution in [3.8, 4) is 5.75 Å². The van der Waals surface area contributed by atoms with Gasteiger partial charge >= 0.3 is 6.09 Å². The van der Waals surface area contributed by atoms with Crippen molar-refractivity contribution in [3.63, 3.8) is 0 Å². The number of imide groups is 1. The standard InChI is InChI=1S/C26H37N3O7Si/c1-37(2,3)13-12-35-17-29-23(30)10-9-22(25(29)32)28-15-18-14-19(7-8-21(18)24(28)31)36-20-6-4-5-11-27(16-20)26(33)34/h7-8,14,20,22H,4-6,9-13,15-17H2,1-3H3,(H,33,34)/t20-,22?/m1/s1. The highest BCUT2D eigenvalue weighted by molar-refractivity contribution is 6.76. The van der Waals surface area contributed by atoms with Crippen LogP contribution in [0, 0.1) is 0 Å². The summed E-state index contributed by atoms with van der Waals surface area (Å²) < 4.78 is 11.8. The van der Waals surface area contributed by atoms with Gasteiger partial charge in [0.05, 0.1) is 6.54 Å². The highest BCUT2D eigenvalue weighted by Gasteiger charge is 2.43. The molecule has 3 heterocycles. The number of carbonyl (C=O) groups excluding carboxylic acids is 3. The molecule has 1 unspecified atom stereocenters. The van der Waals surface area contributed by atoms with Gasteiger partial charge in [-0.15, -0.1) is 0 Å². The molecule has 1 aromatic carbocycles. The van der Waals surface area contributed by atoms with Gasteiger partial charge in [-0.1, -0.05) is 19.6 Å². The molecule has 2 fully saturated rings. The van der Waals surface area contributed by atoms with Crippen molar-refractivity contribution in [2.75, 3.05) is 26.4 Å². The molecule has 0 aliphatic carbocycles. The van der Waals surface area contributed by atoms with Gasteiger partial charge in [-0.25, -0.2) is 4.79 Å². The summed E-state index contributed by atoms with van der Waals surface area (Å²) in [4.78, 5) is 54.4. The fourth-order valence-electron chi connectivity index (χ4n) is 4.99. The highest BCUT2D eigenvalue weighted by atomic mass is 28.3. The van der Waals surface area contributed by atoms with Crippen molar-refractivity contribution in [1.29, 1.82) is 0 Å². The van der Waals surface area contributed by atoms with Crippen LogP contribution in [0.5, 0.6) is 5.75 Å². The van der Waals surface area contributed by atoms with Crippen molar-refractivity contribution in [2.24, 2.45) is 0 Å². The number of piperidine rings is 1. The molecule has 0 bridgehead atoms. The summed E-state index contributed by atoms with van der Waals surface area (Å²) in [7, 11) is -1.29. The Labute approximate surface area is 218 Å². The first kappa shape index (κ1) is 27.1. The Balaban J connectivity index is 1.40. The third-order valence-electron chi connectivity index (χ3n) is 7.19. The Bertz CT molecular complexity index is 1060. The smallest absolute Gasteiger partial charge is 0.407 e. The van der Waals surface area contributed by atoms with Crippen LogP contribution in [0.4, 0.5) is 4.79 Å². The number of ether oxygens (including phenoxy) is 2. The van der Waals surface area contributed by atoms with Crippen LogP contribution in [-0.4, -0.2) is 90.3 Å². The van der Waals surface area contributed by atoms with Crippen LogP contribution in [0.25, 0.3) is 0 Å². The summed E-state index contributed by atoms with van der Waals surface area (Å²) >= 11 is 0. The Morgan fingerprint density at radius 3 is 2.65 bits per heavy atom. The molecule has 0 spiro atoms. The van der Waals surface area contributed by atoms with Crippen molar-refractivity contribution < 1.29 is 33.8 Å². The van der Waals surface area contributed by atoms with E-state index in [2.05, 4.69) is 19.6 Å². The maximum Gasteiger partial charge on any atom is 0.407 e. The fourth-order valence-corrected chi connectivity index (χ4v) is 5.75. The lowest BCUT2D eigenvalue weighted by atomic mass is 10.0. The maximum atomic E-state index is 13.2. The predicted molar refractivity (Wildman–Crippen MR) is 138 cm³/mol. The summed E-state index contributed by atoms with van der Waals surface area (Å²) in [6.07, 6.45) is 1.71. The molecule has 2 atom stereocenters. The van der Waals surface area contributed by atoms with Gasteiger partial charge in [-0.3, -0.25) is 19.3 Å². The van der Waals surface area contributed by atoms with E-state index in [1.807, 2.05) is 0 Å². The van der Waals surface area contributed by atoms with Crippen molar-refractivity contribution in [3.05, 3.63) is 29.3 Å². The number of fused-ring (bicyclic) bond motifs is 1. The molecule has 0 radical (unpaired) electrons. The van der Waals surface area contributed by atoms with E-state index in [1.54, 1.807) is 18.2 Å². The minimum absolute atomic E-state index is 0.0830. The topological polar surface area (TPSA) is 117 Å². The normalized spacial score (nSPS) is 22.8. The molecule has 1 aromatic rings. The molecule has 2 saturated heterocycles. The quantitative estimate of drug-likeness (QED) is 0.310. The summed E-state index contributed by atoms with van der Waals surface area (Å²) in [6.45, 7) is 8.18. The molecule has 202 valence electrons. The van der Waals surface area contributed by atoms with Gasteiger partial charge in [0, 0.05) is 39.8 Å².